The molecule has 2 aromatic heterocycles. The van der Waals surface area contributed by atoms with Gasteiger partial charge >= 0.3 is 0 Å². The van der Waals surface area contributed by atoms with Crippen molar-refractivity contribution in [3.8, 4) is 33.5 Å². The third-order valence-electron chi connectivity index (χ3n) is 6.71. The van der Waals surface area contributed by atoms with Gasteiger partial charge in [-0.05, 0) is 54.2 Å². The molecular formula is C32H24F2NO+. The van der Waals surface area contributed by atoms with Gasteiger partial charge < -0.3 is 4.42 Å². The van der Waals surface area contributed by atoms with Crippen LogP contribution in [0.5, 0.6) is 0 Å². The van der Waals surface area contributed by atoms with E-state index < -0.39 is 18.5 Å². The number of hydrogen-bond acceptors (Lipinski definition) is 1. The summed E-state index contributed by atoms with van der Waals surface area (Å²) >= 11 is 0. The third kappa shape index (κ3) is 3.49. The van der Waals surface area contributed by atoms with Crippen LogP contribution in [0.4, 0.5) is 8.78 Å². The number of halogens is 2. The van der Waals surface area contributed by atoms with Crippen LogP contribution >= 0.6 is 0 Å². The van der Waals surface area contributed by atoms with Gasteiger partial charge in [-0.15, -0.1) is 0 Å². The average Bonchev–Trinajstić information content (AvgIpc) is 3.28. The molecule has 0 atom stereocenters. The van der Waals surface area contributed by atoms with E-state index in [0.29, 0.717) is 33.6 Å². The Hall–Kier alpha value is -4.31. The molecule has 6 rings (SSSR count). The molecule has 0 amide bonds. The molecule has 0 bridgehead atoms. The third-order valence-corrected chi connectivity index (χ3v) is 6.71. The molecule has 4 aromatic carbocycles. The summed E-state index contributed by atoms with van der Waals surface area (Å²) in [7, 11) is 1.67. The highest BCUT2D eigenvalue weighted by Gasteiger charge is 2.24. The smallest absolute Gasteiger partial charge is 0.219 e. The SMILES string of the molecule is [2H]C([2H])([2H])c1c[n+](C)c(-c2c(C)ccc3c2oc2c(-c4cccc(-c5ccccc5)c4)c(F)ccc23)cc1F. The molecule has 0 aliphatic carbocycles. The Labute approximate surface area is 212 Å². The van der Waals surface area contributed by atoms with Crippen molar-refractivity contribution >= 4 is 21.9 Å². The van der Waals surface area contributed by atoms with E-state index in [0.717, 1.165) is 27.5 Å². The second-order valence-electron chi connectivity index (χ2n) is 9.01. The number of aryl methyl sites for hydroxylation is 3. The molecular weight excluding hydrogens is 452 g/mol. The van der Waals surface area contributed by atoms with Crippen molar-refractivity contribution < 1.29 is 21.9 Å². The molecule has 0 aliphatic rings. The van der Waals surface area contributed by atoms with E-state index in [1.165, 1.54) is 18.3 Å². The highest BCUT2D eigenvalue weighted by atomic mass is 19.1. The van der Waals surface area contributed by atoms with Gasteiger partial charge in [0.2, 0.25) is 5.69 Å². The number of pyridine rings is 1. The maximum absolute atomic E-state index is 15.5. The molecule has 2 nitrogen and oxygen atoms in total. The van der Waals surface area contributed by atoms with Crippen LogP contribution in [-0.4, -0.2) is 0 Å². The number of aromatic nitrogens is 1. The summed E-state index contributed by atoms with van der Waals surface area (Å²) in [5.74, 6) is -1.23. The summed E-state index contributed by atoms with van der Waals surface area (Å²) in [6.45, 7) is -0.704. The molecule has 4 heteroatoms. The molecule has 0 aliphatic heterocycles. The Bertz CT molecular complexity index is 1890. The van der Waals surface area contributed by atoms with Crippen molar-refractivity contribution in [3.05, 3.63) is 114 Å². The van der Waals surface area contributed by atoms with Gasteiger partial charge in [-0.3, -0.25) is 0 Å². The lowest BCUT2D eigenvalue weighted by Gasteiger charge is -2.08. The number of benzene rings is 4. The Morgan fingerprint density at radius 3 is 2.17 bits per heavy atom. The van der Waals surface area contributed by atoms with Crippen molar-refractivity contribution in [3.63, 3.8) is 0 Å². The van der Waals surface area contributed by atoms with Crippen molar-refractivity contribution in [1.29, 1.82) is 0 Å². The van der Waals surface area contributed by atoms with Gasteiger partial charge in [0.15, 0.2) is 6.20 Å². The summed E-state index contributed by atoms with van der Waals surface area (Å²) in [5.41, 5.74) is 5.39. The number of hydrogen-bond donors (Lipinski definition) is 0. The van der Waals surface area contributed by atoms with E-state index in [1.807, 2.05) is 73.7 Å². The Kier molecular flexibility index (Phi) is 4.43. The minimum Gasteiger partial charge on any atom is -0.454 e. The van der Waals surface area contributed by atoms with Crippen LogP contribution in [0.1, 0.15) is 15.2 Å². The van der Waals surface area contributed by atoms with Gasteiger partial charge in [0, 0.05) is 26.5 Å². The Morgan fingerprint density at radius 1 is 0.694 bits per heavy atom. The van der Waals surface area contributed by atoms with Gasteiger partial charge in [0.25, 0.3) is 0 Å². The molecule has 2 heterocycles. The van der Waals surface area contributed by atoms with Crippen LogP contribution in [0.3, 0.4) is 0 Å². The lowest BCUT2D eigenvalue weighted by Crippen LogP contribution is -2.31. The molecule has 36 heavy (non-hydrogen) atoms. The van der Waals surface area contributed by atoms with Crippen LogP contribution in [0, 0.1) is 25.4 Å². The first-order valence-electron chi connectivity index (χ1n) is 13.1. The zero-order valence-electron chi connectivity index (χ0n) is 22.8. The topological polar surface area (TPSA) is 17.0 Å². The fraction of sp³-hybridized carbons (Fsp3) is 0.0938. The molecule has 0 saturated heterocycles. The first-order valence-corrected chi connectivity index (χ1v) is 11.6. The predicted octanol–water partition coefficient (Wildman–Crippen LogP) is 8.31. The van der Waals surface area contributed by atoms with E-state index in [2.05, 4.69) is 0 Å². The zero-order valence-corrected chi connectivity index (χ0v) is 19.8. The minimum absolute atomic E-state index is 0.346. The van der Waals surface area contributed by atoms with Crippen LogP contribution in [0.25, 0.3) is 55.4 Å². The lowest BCUT2D eigenvalue weighted by atomic mass is 9.96. The largest absolute Gasteiger partial charge is 0.454 e. The van der Waals surface area contributed by atoms with Crippen LogP contribution in [-0.2, 0) is 7.05 Å². The zero-order chi connectivity index (χ0) is 27.5. The Balaban J connectivity index is 1.61. The number of furan rings is 1. The maximum atomic E-state index is 15.5. The van der Waals surface area contributed by atoms with E-state index in [1.54, 1.807) is 17.7 Å². The van der Waals surface area contributed by atoms with Crippen molar-refractivity contribution in [2.45, 2.75) is 13.8 Å². The van der Waals surface area contributed by atoms with Gasteiger partial charge in [0.1, 0.15) is 29.8 Å². The van der Waals surface area contributed by atoms with Gasteiger partial charge in [-0.2, -0.15) is 0 Å². The van der Waals surface area contributed by atoms with E-state index >= 15 is 8.78 Å². The van der Waals surface area contributed by atoms with Crippen molar-refractivity contribution in [2.24, 2.45) is 7.05 Å². The highest BCUT2D eigenvalue weighted by molar-refractivity contribution is 6.13. The monoisotopic (exact) mass is 479 g/mol. The molecule has 0 N–H and O–H groups in total. The maximum Gasteiger partial charge on any atom is 0.219 e. The summed E-state index contributed by atoms with van der Waals surface area (Å²) in [4.78, 5) is 0. The summed E-state index contributed by atoms with van der Waals surface area (Å²) < 4.78 is 61.5. The number of rotatable bonds is 3. The van der Waals surface area contributed by atoms with Crippen LogP contribution < -0.4 is 4.57 Å². The molecule has 6 aromatic rings. The van der Waals surface area contributed by atoms with E-state index in [4.69, 9.17) is 8.53 Å². The quantitative estimate of drug-likeness (QED) is 0.233. The second kappa shape index (κ2) is 8.42. The van der Waals surface area contributed by atoms with Crippen molar-refractivity contribution in [1.82, 2.24) is 0 Å². The second-order valence-corrected chi connectivity index (χ2v) is 9.01. The predicted molar refractivity (Wildman–Crippen MR) is 141 cm³/mol. The van der Waals surface area contributed by atoms with E-state index in [-0.39, 0.29) is 5.56 Å². The molecule has 176 valence electrons. The summed E-state index contributed by atoms with van der Waals surface area (Å²) in [6, 6.07) is 25.7. The number of fused-ring (bicyclic) bond motifs is 3. The molecule has 0 saturated carbocycles. The standard InChI is InChI=1S/C32H24F2NO/c1-19-12-13-24-25-14-15-26(33)30(23-11-7-10-22(16-23)21-8-5-4-6-9-21)32(25)36-31(24)29(19)28-17-27(34)20(2)18-35(28)3/h4-18H,1-3H3/q+1/i2D3. The Morgan fingerprint density at radius 2 is 1.39 bits per heavy atom. The number of nitrogens with zero attached hydrogens (tertiary/aromatic N) is 1. The molecule has 0 spiro atoms. The van der Waals surface area contributed by atoms with Gasteiger partial charge in [-0.1, -0.05) is 60.7 Å². The average molecular weight is 480 g/mol. The van der Waals surface area contributed by atoms with Gasteiger partial charge in [0.05, 0.1) is 11.1 Å². The first kappa shape index (κ1) is 18.9. The van der Waals surface area contributed by atoms with Crippen molar-refractivity contribution in [2.75, 3.05) is 0 Å². The summed E-state index contributed by atoms with van der Waals surface area (Å²) in [6.07, 6.45) is 1.29. The first-order chi connectivity index (χ1) is 18.6. The highest BCUT2D eigenvalue weighted by Crippen LogP contribution is 2.42. The molecule has 0 radical (unpaired) electrons. The lowest BCUT2D eigenvalue weighted by molar-refractivity contribution is -0.661. The normalized spacial score (nSPS) is 13.1. The fourth-order valence-electron chi connectivity index (χ4n) is 4.92. The summed E-state index contributed by atoms with van der Waals surface area (Å²) in [5, 5.41) is 1.49. The van der Waals surface area contributed by atoms with E-state index in [9.17, 15) is 0 Å². The fourth-order valence-corrected chi connectivity index (χ4v) is 4.92. The van der Waals surface area contributed by atoms with Crippen LogP contribution in [0.15, 0.2) is 95.5 Å². The van der Waals surface area contributed by atoms with Crippen LogP contribution in [0.2, 0.25) is 0 Å². The molecule has 0 unspecified atom stereocenters. The van der Waals surface area contributed by atoms with Gasteiger partial charge in [-0.25, -0.2) is 13.3 Å². The molecule has 0 fully saturated rings. The minimum atomic E-state index is -2.58.